The van der Waals surface area contributed by atoms with E-state index in [1.54, 1.807) is 6.07 Å². The van der Waals surface area contributed by atoms with Gasteiger partial charge >= 0.3 is 5.63 Å². The van der Waals surface area contributed by atoms with Crippen LogP contribution in [0.4, 0.5) is 0 Å². The Labute approximate surface area is 189 Å². The van der Waals surface area contributed by atoms with E-state index < -0.39 is 0 Å². The summed E-state index contributed by atoms with van der Waals surface area (Å²) in [6, 6.07) is 24.0. The number of unbranched alkanes of at least 4 members (excludes halogenated alkanes) is 3. The van der Waals surface area contributed by atoms with Crippen LogP contribution in [0.1, 0.15) is 49.3 Å². The number of hydrogen-bond acceptors (Lipinski definition) is 3. The number of benzene rings is 3. The highest BCUT2D eigenvalue weighted by atomic mass is 16.5. The van der Waals surface area contributed by atoms with Gasteiger partial charge in [-0.15, -0.1) is 0 Å². The first-order valence-electron chi connectivity index (χ1n) is 11.5. The average molecular weight is 427 g/mol. The van der Waals surface area contributed by atoms with Crippen LogP contribution in [0.25, 0.3) is 22.1 Å². The van der Waals surface area contributed by atoms with Crippen molar-refractivity contribution in [2.24, 2.45) is 0 Å². The summed E-state index contributed by atoms with van der Waals surface area (Å²) in [5.41, 5.74) is 5.62. The highest BCUT2D eigenvalue weighted by molar-refractivity contribution is 5.94. The molecule has 0 atom stereocenters. The van der Waals surface area contributed by atoms with Gasteiger partial charge in [-0.1, -0.05) is 86.3 Å². The van der Waals surface area contributed by atoms with Crippen molar-refractivity contribution in [3.63, 3.8) is 0 Å². The van der Waals surface area contributed by atoms with Gasteiger partial charge in [0.15, 0.2) is 0 Å². The van der Waals surface area contributed by atoms with Gasteiger partial charge < -0.3 is 9.15 Å². The van der Waals surface area contributed by atoms with Gasteiger partial charge in [0, 0.05) is 17.5 Å². The molecule has 0 aliphatic heterocycles. The SMILES string of the molecule is CCCCCCc1cc2c(-c3ccccc3)cc(=O)oc2cc1OCc1cccc(C)c1. The lowest BCUT2D eigenvalue weighted by Crippen LogP contribution is -2.02. The molecule has 32 heavy (non-hydrogen) atoms. The van der Waals surface area contributed by atoms with Crippen LogP contribution >= 0.6 is 0 Å². The maximum Gasteiger partial charge on any atom is 0.336 e. The lowest BCUT2D eigenvalue weighted by molar-refractivity contribution is 0.302. The predicted molar refractivity (Wildman–Crippen MR) is 131 cm³/mol. The van der Waals surface area contributed by atoms with Crippen molar-refractivity contribution in [2.75, 3.05) is 0 Å². The molecule has 1 aromatic heterocycles. The van der Waals surface area contributed by atoms with Crippen molar-refractivity contribution in [1.29, 1.82) is 0 Å². The molecular formula is C29H30O3. The zero-order valence-electron chi connectivity index (χ0n) is 18.9. The monoisotopic (exact) mass is 426 g/mol. The molecule has 3 nitrogen and oxygen atoms in total. The molecule has 0 N–H and O–H groups in total. The molecule has 0 radical (unpaired) electrons. The fraction of sp³-hybridized carbons (Fsp3) is 0.276. The molecule has 0 amide bonds. The van der Waals surface area contributed by atoms with Crippen molar-refractivity contribution < 1.29 is 9.15 Å². The fourth-order valence-electron chi connectivity index (χ4n) is 4.13. The van der Waals surface area contributed by atoms with E-state index in [0.29, 0.717) is 12.2 Å². The molecule has 0 spiro atoms. The Morgan fingerprint density at radius 3 is 2.50 bits per heavy atom. The molecule has 1 heterocycles. The standard InChI is InChI=1S/C29H30O3/c1-3-4-5-7-15-24-17-26-25(23-13-8-6-9-14-23)18-29(30)32-28(26)19-27(24)31-20-22-12-10-11-21(2)16-22/h6,8-14,16-19H,3-5,7,15,20H2,1-2H3. The maximum absolute atomic E-state index is 12.3. The lowest BCUT2D eigenvalue weighted by atomic mass is 9.98. The highest BCUT2D eigenvalue weighted by Crippen LogP contribution is 2.33. The van der Waals surface area contributed by atoms with Crippen LogP contribution in [0.2, 0.25) is 0 Å². The van der Waals surface area contributed by atoms with Crippen LogP contribution in [-0.4, -0.2) is 0 Å². The number of hydrogen-bond donors (Lipinski definition) is 0. The van der Waals surface area contributed by atoms with Crippen LogP contribution < -0.4 is 10.4 Å². The topological polar surface area (TPSA) is 39.4 Å². The van der Waals surface area contributed by atoms with Crippen LogP contribution in [-0.2, 0) is 13.0 Å². The zero-order valence-corrected chi connectivity index (χ0v) is 18.9. The quantitative estimate of drug-likeness (QED) is 0.206. The molecule has 4 aromatic rings. The van der Waals surface area contributed by atoms with Crippen molar-refractivity contribution in [3.8, 4) is 16.9 Å². The maximum atomic E-state index is 12.3. The third kappa shape index (κ3) is 5.28. The lowest BCUT2D eigenvalue weighted by Gasteiger charge is -2.15. The summed E-state index contributed by atoms with van der Waals surface area (Å²) in [6.45, 7) is 4.79. The second-order valence-electron chi connectivity index (χ2n) is 8.39. The van der Waals surface area contributed by atoms with E-state index in [2.05, 4.69) is 38.1 Å². The number of aryl methyl sites for hydroxylation is 2. The molecule has 3 aromatic carbocycles. The van der Waals surface area contributed by atoms with Crippen LogP contribution in [0, 0.1) is 6.92 Å². The number of fused-ring (bicyclic) bond motifs is 1. The number of rotatable bonds is 9. The zero-order chi connectivity index (χ0) is 22.3. The van der Waals surface area contributed by atoms with E-state index >= 15 is 0 Å². The summed E-state index contributed by atoms with van der Waals surface area (Å²) < 4.78 is 11.9. The van der Waals surface area contributed by atoms with E-state index in [-0.39, 0.29) is 5.63 Å². The Bertz CT molecular complexity index is 1240. The van der Waals surface area contributed by atoms with Crippen molar-refractivity contribution in [1.82, 2.24) is 0 Å². The first-order valence-corrected chi connectivity index (χ1v) is 11.5. The van der Waals surface area contributed by atoms with Gasteiger partial charge in [-0.25, -0.2) is 4.79 Å². The average Bonchev–Trinajstić information content (AvgIpc) is 2.80. The van der Waals surface area contributed by atoms with Crippen molar-refractivity contribution in [2.45, 2.75) is 52.6 Å². The number of ether oxygens (including phenoxy) is 1. The molecule has 0 aliphatic carbocycles. The van der Waals surface area contributed by atoms with Crippen molar-refractivity contribution in [3.05, 3.63) is 99.9 Å². The van der Waals surface area contributed by atoms with E-state index in [1.165, 1.54) is 24.8 Å². The van der Waals surface area contributed by atoms with Crippen LogP contribution in [0.15, 0.2) is 82.0 Å². The molecule has 0 aliphatic rings. The second-order valence-corrected chi connectivity index (χ2v) is 8.39. The van der Waals surface area contributed by atoms with E-state index in [9.17, 15) is 4.79 Å². The molecule has 0 bridgehead atoms. The van der Waals surface area contributed by atoms with Crippen LogP contribution in [0.3, 0.4) is 0 Å². The van der Waals surface area contributed by atoms with E-state index in [4.69, 9.17) is 9.15 Å². The summed E-state index contributed by atoms with van der Waals surface area (Å²) in [5.74, 6) is 0.795. The molecular weight excluding hydrogens is 396 g/mol. The minimum atomic E-state index is -0.350. The highest BCUT2D eigenvalue weighted by Gasteiger charge is 2.14. The van der Waals surface area contributed by atoms with Gasteiger partial charge in [0.2, 0.25) is 0 Å². The Kier molecular flexibility index (Phi) is 7.06. The van der Waals surface area contributed by atoms with Gasteiger partial charge in [0.05, 0.1) is 0 Å². The fourth-order valence-corrected chi connectivity index (χ4v) is 4.13. The first-order chi connectivity index (χ1) is 15.6. The molecule has 0 unspecified atom stereocenters. The minimum absolute atomic E-state index is 0.350. The molecule has 4 rings (SSSR count). The van der Waals surface area contributed by atoms with Gasteiger partial charge in [0.1, 0.15) is 17.9 Å². The largest absolute Gasteiger partial charge is 0.488 e. The predicted octanol–water partition coefficient (Wildman–Crippen LogP) is 7.47. The third-order valence-corrected chi connectivity index (χ3v) is 5.79. The second kappa shape index (κ2) is 10.3. The third-order valence-electron chi connectivity index (χ3n) is 5.79. The summed E-state index contributed by atoms with van der Waals surface area (Å²) in [7, 11) is 0. The molecule has 0 saturated carbocycles. The first kappa shape index (κ1) is 21.9. The smallest absolute Gasteiger partial charge is 0.336 e. The Hall–Kier alpha value is -3.33. The summed E-state index contributed by atoms with van der Waals surface area (Å²) in [6.07, 6.45) is 5.68. The minimum Gasteiger partial charge on any atom is -0.488 e. The molecule has 0 saturated heterocycles. The molecule has 3 heteroatoms. The van der Waals surface area contributed by atoms with Gasteiger partial charge in [-0.3, -0.25) is 0 Å². The van der Waals surface area contributed by atoms with E-state index in [0.717, 1.165) is 46.2 Å². The summed E-state index contributed by atoms with van der Waals surface area (Å²) in [4.78, 5) is 12.3. The van der Waals surface area contributed by atoms with Gasteiger partial charge in [-0.2, -0.15) is 0 Å². The van der Waals surface area contributed by atoms with E-state index in [1.807, 2.05) is 42.5 Å². The summed E-state index contributed by atoms with van der Waals surface area (Å²) in [5, 5.41) is 0.948. The normalized spacial score (nSPS) is 11.1. The Balaban J connectivity index is 1.74. The molecule has 0 fully saturated rings. The van der Waals surface area contributed by atoms with Gasteiger partial charge in [0.25, 0.3) is 0 Å². The summed E-state index contributed by atoms with van der Waals surface area (Å²) >= 11 is 0. The van der Waals surface area contributed by atoms with Crippen LogP contribution in [0.5, 0.6) is 5.75 Å². The Morgan fingerprint density at radius 2 is 1.72 bits per heavy atom. The van der Waals surface area contributed by atoms with Gasteiger partial charge in [-0.05, 0) is 48.1 Å². The Morgan fingerprint density at radius 1 is 0.875 bits per heavy atom. The van der Waals surface area contributed by atoms with Crippen molar-refractivity contribution >= 4 is 11.0 Å². The molecule has 164 valence electrons.